The molecule has 0 saturated heterocycles. The Labute approximate surface area is 150 Å². The van der Waals surface area contributed by atoms with Gasteiger partial charge in [-0.25, -0.2) is 4.99 Å². The van der Waals surface area contributed by atoms with Crippen molar-refractivity contribution in [2.45, 2.75) is 50.3 Å². The first-order valence-electron chi connectivity index (χ1n) is 8.74. The monoisotopic (exact) mass is 352 g/mol. The predicted octanol–water partition coefficient (Wildman–Crippen LogP) is 4.44. The van der Waals surface area contributed by atoms with Gasteiger partial charge in [-0.3, -0.25) is 14.6 Å². The topological polar surface area (TPSA) is 73.9 Å². The first-order chi connectivity index (χ1) is 12.2. The molecule has 1 saturated carbocycles. The number of nitrogens with one attached hydrogen (secondary N) is 1. The molecule has 1 aliphatic heterocycles. The van der Waals surface area contributed by atoms with Crippen molar-refractivity contribution in [3.63, 3.8) is 0 Å². The van der Waals surface area contributed by atoms with Crippen molar-refractivity contribution < 1.29 is 0 Å². The molecule has 1 fully saturated rings. The van der Waals surface area contributed by atoms with Crippen LogP contribution in [0.25, 0.3) is 0 Å². The molecule has 2 heterocycles. The number of H-pyrrole nitrogens is 1. The molecular weight excluding hydrogens is 332 g/mol. The van der Waals surface area contributed by atoms with Crippen molar-refractivity contribution in [2.24, 2.45) is 4.99 Å². The van der Waals surface area contributed by atoms with Crippen molar-refractivity contribution >= 4 is 22.6 Å². The highest BCUT2D eigenvalue weighted by Crippen LogP contribution is 2.45. The number of nitrogens with zero attached hydrogens (tertiary/aromatic N) is 3. The van der Waals surface area contributed by atoms with Crippen LogP contribution in [-0.4, -0.2) is 14.8 Å². The summed E-state index contributed by atoms with van der Waals surface area (Å²) in [7, 11) is 0. The maximum atomic E-state index is 12.7. The van der Waals surface area contributed by atoms with E-state index >= 15 is 0 Å². The van der Waals surface area contributed by atoms with Crippen LogP contribution in [0.15, 0.2) is 34.1 Å². The molecule has 0 amide bonds. The van der Waals surface area contributed by atoms with Gasteiger partial charge in [0.15, 0.2) is 5.82 Å². The van der Waals surface area contributed by atoms with Gasteiger partial charge in [-0.05, 0) is 37.5 Å². The lowest BCUT2D eigenvalue weighted by Crippen LogP contribution is -2.16. The van der Waals surface area contributed by atoms with Crippen molar-refractivity contribution in [3.8, 4) is 6.07 Å². The number of aromatic amines is 1. The summed E-state index contributed by atoms with van der Waals surface area (Å²) in [6, 6.07) is 9.98. The van der Waals surface area contributed by atoms with Gasteiger partial charge >= 0.3 is 0 Å². The van der Waals surface area contributed by atoms with Crippen LogP contribution >= 0.6 is 11.8 Å². The first kappa shape index (κ1) is 16.2. The van der Waals surface area contributed by atoms with Gasteiger partial charge in [-0.2, -0.15) is 5.26 Å². The third-order valence-electron chi connectivity index (χ3n) is 5.03. The maximum Gasteiger partial charge on any atom is 0.271 e. The van der Waals surface area contributed by atoms with Crippen LogP contribution in [0.4, 0.5) is 5.82 Å². The molecule has 1 aromatic carbocycles. The van der Waals surface area contributed by atoms with Gasteiger partial charge in [0.1, 0.15) is 0 Å². The maximum absolute atomic E-state index is 12.7. The third-order valence-corrected chi connectivity index (χ3v) is 6.21. The highest BCUT2D eigenvalue weighted by molar-refractivity contribution is 8.14. The van der Waals surface area contributed by atoms with E-state index in [1.807, 2.05) is 35.9 Å². The molecule has 2 aromatic rings. The van der Waals surface area contributed by atoms with Gasteiger partial charge in [0, 0.05) is 0 Å². The molecule has 1 atom stereocenters. The highest BCUT2D eigenvalue weighted by atomic mass is 32.2. The fourth-order valence-corrected chi connectivity index (χ4v) is 4.88. The number of benzene rings is 1. The number of fused-ring (bicyclic) bond motifs is 1. The van der Waals surface area contributed by atoms with Crippen LogP contribution in [0.5, 0.6) is 0 Å². The van der Waals surface area contributed by atoms with Gasteiger partial charge in [0.05, 0.1) is 33.5 Å². The molecule has 2 aliphatic rings. The van der Waals surface area contributed by atoms with Gasteiger partial charge in [-0.1, -0.05) is 43.2 Å². The SMILES string of the molecule is CC1=Nc2c(c(=O)[nH]n2C2CCCCC2)[C@H](c2ccc(C#N)cc2)S1. The number of hydrogen-bond acceptors (Lipinski definition) is 4. The molecule has 0 radical (unpaired) electrons. The van der Waals surface area contributed by atoms with Gasteiger partial charge in [0.25, 0.3) is 5.56 Å². The Balaban J connectivity index is 1.79. The van der Waals surface area contributed by atoms with Crippen LogP contribution in [0.2, 0.25) is 0 Å². The molecule has 0 spiro atoms. The minimum absolute atomic E-state index is 0.0429. The van der Waals surface area contributed by atoms with Crippen LogP contribution < -0.4 is 5.56 Å². The van der Waals surface area contributed by atoms with Gasteiger partial charge in [0.2, 0.25) is 0 Å². The minimum atomic E-state index is -0.0752. The second-order valence-electron chi connectivity index (χ2n) is 6.70. The Morgan fingerprint density at radius 1 is 1.24 bits per heavy atom. The van der Waals surface area contributed by atoms with Gasteiger partial charge in [-0.15, -0.1) is 0 Å². The number of hydrogen-bond donors (Lipinski definition) is 1. The third kappa shape index (κ3) is 2.93. The van der Waals surface area contributed by atoms with E-state index in [-0.39, 0.29) is 10.8 Å². The molecule has 0 unspecified atom stereocenters. The standard InChI is InChI=1S/C19H20N4OS/c1-12-21-18-16(17(25-12)14-9-7-13(11-20)8-10-14)19(24)22-23(18)15-5-3-2-4-6-15/h7-10,15,17H,2-6H2,1H3,(H,22,24)/t17-/m0/s1. The number of rotatable bonds is 2. The fourth-order valence-electron chi connectivity index (χ4n) is 3.78. The van der Waals surface area contributed by atoms with E-state index in [2.05, 4.69) is 11.2 Å². The van der Waals surface area contributed by atoms with E-state index < -0.39 is 0 Å². The van der Waals surface area contributed by atoms with E-state index in [9.17, 15) is 4.79 Å². The van der Waals surface area contributed by atoms with Crippen LogP contribution in [0.3, 0.4) is 0 Å². The zero-order valence-electron chi connectivity index (χ0n) is 14.2. The van der Waals surface area contributed by atoms with E-state index in [0.29, 0.717) is 11.6 Å². The van der Waals surface area contributed by atoms with E-state index in [1.165, 1.54) is 19.3 Å². The summed E-state index contributed by atoms with van der Waals surface area (Å²) in [4.78, 5) is 17.4. The van der Waals surface area contributed by atoms with Crippen molar-refractivity contribution in [2.75, 3.05) is 0 Å². The first-order valence-corrected chi connectivity index (χ1v) is 9.62. The van der Waals surface area contributed by atoms with E-state index in [4.69, 9.17) is 10.3 Å². The molecule has 25 heavy (non-hydrogen) atoms. The average Bonchev–Trinajstić information content (AvgIpc) is 2.98. The van der Waals surface area contributed by atoms with Crippen LogP contribution in [0.1, 0.15) is 67.0 Å². The molecule has 1 aliphatic carbocycles. The number of thioether (sulfide) groups is 1. The van der Waals surface area contributed by atoms with Crippen molar-refractivity contribution in [3.05, 3.63) is 51.3 Å². The van der Waals surface area contributed by atoms with E-state index in [1.54, 1.807) is 11.8 Å². The summed E-state index contributed by atoms with van der Waals surface area (Å²) in [6.45, 7) is 1.99. The molecule has 1 N–H and O–H groups in total. The Hall–Kier alpha value is -2.26. The molecule has 4 rings (SSSR count). The number of nitriles is 1. The molecule has 6 heteroatoms. The summed E-state index contributed by atoms with van der Waals surface area (Å²) in [5.74, 6) is 0.794. The molecule has 128 valence electrons. The largest absolute Gasteiger partial charge is 0.271 e. The zero-order chi connectivity index (χ0) is 17.4. The van der Waals surface area contributed by atoms with Crippen molar-refractivity contribution in [1.29, 1.82) is 5.26 Å². The molecular formula is C19H20N4OS. The Bertz CT molecular complexity index is 910. The van der Waals surface area contributed by atoms with Gasteiger partial charge < -0.3 is 0 Å². The number of aliphatic imine (C=N–C) groups is 1. The zero-order valence-corrected chi connectivity index (χ0v) is 15.0. The quantitative estimate of drug-likeness (QED) is 0.868. The second kappa shape index (κ2) is 6.57. The summed E-state index contributed by atoms with van der Waals surface area (Å²) in [5, 5.41) is 12.9. The predicted molar refractivity (Wildman–Crippen MR) is 101 cm³/mol. The van der Waals surface area contributed by atoms with Crippen molar-refractivity contribution in [1.82, 2.24) is 9.78 Å². The molecule has 1 aromatic heterocycles. The fraction of sp³-hybridized carbons (Fsp3) is 0.421. The lowest BCUT2D eigenvalue weighted by Gasteiger charge is -2.26. The highest BCUT2D eigenvalue weighted by Gasteiger charge is 2.32. The normalized spacial score (nSPS) is 20.6. The Morgan fingerprint density at radius 3 is 2.64 bits per heavy atom. The molecule has 5 nitrogen and oxygen atoms in total. The Kier molecular flexibility index (Phi) is 4.26. The Morgan fingerprint density at radius 2 is 1.96 bits per heavy atom. The van der Waals surface area contributed by atoms with Crippen LogP contribution in [-0.2, 0) is 0 Å². The number of aromatic nitrogens is 2. The summed E-state index contributed by atoms with van der Waals surface area (Å²) in [5.41, 5.74) is 2.36. The summed E-state index contributed by atoms with van der Waals surface area (Å²) < 4.78 is 2.01. The minimum Gasteiger partial charge on any atom is -0.268 e. The second-order valence-corrected chi connectivity index (χ2v) is 8.00. The van der Waals surface area contributed by atoms with Crippen LogP contribution in [0, 0.1) is 11.3 Å². The summed E-state index contributed by atoms with van der Waals surface area (Å²) >= 11 is 1.60. The molecule has 0 bridgehead atoms. The smallest absolute Gasteiger partial charge is 0.268 e. The van der Waals surface area contributed by atoms with E-state index in [0.717, 1.165) is 34.8 Å². The lowest BCUT2D eigenvalue weighted by atomic mass is 9.95. The average molecular weight is 352 g/mol. The summed E-state index contributed by atoms with van der Waals surface area (Å²) in [6.07, 6.45) is 5.88. The lowest BCUT2D eigenvalue weighted by molar-refractivity contribution is 0.331.